The average molecular weight is 244 g/mol. The van der Waals surface area contributed by atoms with Crippen LogP contribution in [0.3, 0.4) is 0 Å². The first kappa shape index (κ1) is 17.2. The van der Waals surface area contributed by atoms with Gasteiger partial charge in [-0.1, -0.05) is 12.1 Å². The van der Waals surface area contributed by atoms with Crippen molar-refractivity contribution in [2.45, 2.75) is 0 Å². The molecule has 0 spiro atoms. The zero-order chi connectivity index (χ0) is 5.98. The van der Waals surface area contributed by atoms with E-state index in [0.29, 0.717) is 11.4 Å². The Balaban J connectivity index is -0.000000213. The maximum atomic E-state index is 5.39. The van der Waals surface area contributed by atoms with Crippen molar-refractivity contribution in [3.63, 3.8) is 0 Å². The fourth-order valence-corrected chi connectivity index (χ4v) is 0.511. The van der Waals surface area contributed by atoms with Gasteiger partial charge in [0.25, 0.3) is 0 Å². The van der Waals surface area contributed by atoms with E-state index in [-0.39, 0.29) is 44.3 Å². The first-order valence-corrected chi connectivity index (χ1v) is 2.40. The molecule has 0 aliphatic rings. The molecule has 0 aliphatic carbocycles. The molecule has 0 aromatic heterocycles. The molecule has 0 unspecified atom stereocenters. The van der Waals surface area contributed by atoms with Crippen LogP contribution in [0.2, 0.25) is 0 Å². The second-order valence-corrected chi connectivity index (χ2v) is 1.63. The Morgan fingerprint density at radius 3 is 1.27 bits per heavy atom. The van der Waals surface area contributed by atoms with E-state index in [1.54, 1.807) is 12.1 Å². The average Bonchev–Trinajstić information content (AvgIpc) is 1.77. The summed E-state index contributed by atoms with van der Waals surface area (Å²) in [6.07, 6.45) is 0. The second-order valence-electron chi connectivity index (χ2n) is 1.63. The molecule has 0 fully saturated rings. The summed E-state index contributed by atoms with van der Waals surface area (Å²) in [6.45, 7) is 0. The number of halogens is 2. The SMILES string of the molecule is Nc1ccccc1N.[Cl-].[Cl-].[Zn+2]. The van der Waals surface area contributed by atoms with E-state index >= 15 is 0 Å². The van der Waals surface area contributed by atoms with Gasteiger partial charge in [-0.25, -0.2) is 0 Å². The molecule has 0 aliphatic heterocycles. The van der Waals surface area contributed by atoms with Crippen LogP contribution >= 0.6 is 0 Å². The minimum atomic E-state index is 0. The zero-order valence-corrected chi connectivity index (χ0v) is 10.4. The summed E-state index contributed by atoms with van der Waals surface area (Å²) in [5, 5.41) is 0. The molecule has 0 heterocycles. The van der Waals surface area contributed by atoms with E-state index < -0.39 is 0 Å². The zero-order valence-electron chi connectivity index (χ0n) is 5.93. The molecule has 0 saturated carbocycles. The molecule has 0 radical (unpaired) electrons. The minimum Gasteiger partial charge on any atom is -1.00 e. The summed E-state index contributed by atoms with van der Waals surface area (Å²) in [5.74, 6) is 0. The van der Waals surface area contributed by atoms with E-state index in [0.717, 1.165) is 0 Å². The van der Waals surface area contributed by atoms with Crippen molar-refractivity contribution in [2.75, 3.05) is 11.5 Å². The Morgan fingerprint density at radius 1 is 0.818 bits per heavy atom. The van der Waals surface area contributed by atoms with Gasteiger partial charge in [-0.05, 0) is 12.1 Å². The van der Waals surface area contributed by atoms with Crippen molar-refractivity contribution in [1.29, 1.82) is 0 Å². The van der Waals surface area contributed by atoms with Crippen LogP contribution in [0.25, 0.3) is 0 Å². The van der Waals surface area contributed by atoms with Crippen molar-refractivity contribution in [2.24, 2.45) is 0 Å². The monoisotopic (exact) mass is 242 g/mol. The largest absolute Gasteiger partial charge is 2.00 e. The third kappa shape index (κ3) is 5.31. The number of rotatable bonds is 0. The number of hydrogen-bond donors (Lipinski definition) is 2. The van der Waals surface area contributed by atoms with Crippen LogP contribution in [0.1, 0.15) is 0 Å². The molecule has 1 aromatic rings. The topological polar surface area (TPSA) is 52.0 Å². The molecule has 0 bridgehead atoms. The van der Waals surface area contributed by atoms with Crippen molar-refractivity contribution < 1.29 is 44.3 Å². The van der Waals surface area contributed by atoms with Gasteiger partial charge in [-0.2, -0.15) is 0 Å². The van der Waals surface area contributed by atoms with Gasteiger partial charge in [0.1, 0.15) is 0 Å². The van der Waals surface area contributed by atoms with Crippen LogP contribution in [0.5, 0.6) is 0 Å². The molecule has 1 aromatic carbocycles. The molecule has 2 nitrogen and oxygen atoms in total. The molecule has 4 N–H and O–H groups in total. The molecular formula is C6H8Cl2N2Zn. The van der Waals surface area contributed by atoms with Crippen LogP contribution in [0.4, 0.5) is 11.4 Å². The van der Waals surface area contributed by atoms with Gasteiger partial charge in [0, 0.05) is 0 Å². The molecule has 0 amide bonds. The van der Waals surface area contributed by atoms with E-state index in [9.17, 15) is 0 Å². The number of nitrogens with two attached hydrogens (primary N) is 2. The van der Waals surface area contributed by atoms with Crippen LogP contribution in [-0.2, 0) is 19.5 Å². The summed E-state index contributed by atoms with van der Waals surface area (Å²) in [6, 6.07) is 7.25. The Hall–Kier alpha value is 0.0234. The van der Waals surface area contributed by atoms with E-state index in [4.69, 9.17) is 11.5 Å². The second kappa shape index (κ2) is 8.12. The van der Waals surface area contributed by atoms with E-state index in [1.165, 1.54) is 0 Å². The summed E-state index contributed by atoms with van der Waals surface area (Å²) >= 11 is 0. The third-order valence-electron chi connectivity index (χ3n) is 0.996. The standard InChI is InChI=1S/C6H8N2.2ClH.Zn/c7-5-3-1-2-4-6(5)8;;;/h1-4H,7-8H2;2*1H;/q;;;+2/p-2. The Kier molecular flexibility index (Phi) is 12.7. The third-order valence-corrected chi connectivity index (χ3v) is 0.996. The van der Waals surface area contributed by atoms with Gasteiger partial charge in [-0.3, -0.25) is 0 Å². The first-order valence-electron chi connectivity index (χ1n) is 2.40. The van der Waals surface area contributed by atoms with Crippen LogP contribution in [0, 0.1) is 0 Å². The fraction of sp³-hybridized carbons (Fsp3) is 0. The molecular weight excluding hydrogens is 236 g/mol. The first-order chi connectivity index (χ1) is 3.80. The molecule has 11 heavy (non-hydrogen) atoms. The smallest absolute Gasteiger partial charge is 1.00 e. The predicted molar refractivity (Wildman–Crippen MR) is 35.3 cm³/mol. The van der Waals surface area contributed by atoms with Gasteiger partial charge in [-0.15, -0.1) is 0 Å². The van der Waals surface area contributed by atoms with Gasteiger partial charge < -0.3 is 36.3 Å². The van der Waals surface area contributed by atoms with Crippen LogP contribution < -0.4 is 36.3 Å². The molecule has 0 saturated heterocycles. The minimum absolute atomic E-state index is 0. The van der Waals surface area contributed by atoms with E-state index in [1.807, 2.05) is 12.1 Å². The van der Waals surface area contributed by atoms with Gasteiger partial charge in [0.05, 0.1) is 11.4 Å². The van der Waals surface area contributed by atoms with Gasteiger partial charge in [0.2, 0.25) is 0 Å². The maximum absolute atomic E-state index is 5.39. The Labute approximate surface area is 91.3 Å². The van der Waals surface area contributed by atoms with Crippen molar-refractivity contribution >= 4 is 11.4 Å². The summed E-state index contributed by atoms with van der Waals surface area (Å²) in [5.41, 5.74) is 12.1. The van der Waals surface area contributed by atoms with Crippen LogP contribution in [0.15, 0.2) is 24.3 Å². The number of nitrogen functional groups attached to an aromatic ring is 2. The summed E-state index contributed by atoms with van der Waals surface area (Å²) < 4.78 is 0. The Bertz CT molecular complexity index is 175. The maximum Gasteiger partial charge on any atom is 2.00 e. The molecule has 5 heteroatoms. The fourth-order valence-electron chi connectivity index (χ4n) is 0.511. The van der Waals surface area contributed by atoms with Crippen LogP contribution in [-0.4, -0.2) is 0 Å². The van der Waals surface area contributed by atoms with Crippen molar-refractivity contribution in [1.82, 2.24) is 0 Å². The Morgan fingerprint density at radius 2 is 1.09 bits per heavy atom. The predicted octanol–water partition coefficient (Wildman–Crippen LogP) is -5.14. The number of para-hydroxylation sites is 2. The quantitative estimate of drug-likeness (QED) is 0.354. The molecule has 1 rings (SSSR count). The van der Waals surface area contributed by atoms with Crippen molar-refractivity contribution in [3.05, 3.63) is 24.3 Å². The van der Waals surface area contributed by atoms with Gasteiger partial charge >= 0.3 is 19.5 Å². The molecule has 0 atom stereocenters. The van der Waals surface area contributed by atoms with Gasteiger partial charge in [0.15, 0.2) is 0 Å². The van der Waals surface area contributed by atoms with Crippen molar-refractivity contribution in [3.8, 4) is 0 Å². The number of anilines is 2. The normalized spacial score (nSPS) is 6.55. The number of hydrogen-bond acceptors (Lipinski definition) is 2. The summed E-state index contributed by atoms with van der Waals surface area (Å²) in [7, 11) is 0. The molecule has 58 valence electrons. The number of benzene rings is 1. The van der Waals surface area contributed by atoms with E-state index in [2.05, 4.69) is 0 Å². The summed E-state index contributed by atoms with van der Waals surface area (Å²) in [4.78, 5) is 0.